The van der Waals surface area contributed by atoms with Gasteiger partial charge in [-0.15, -0.1) is 0 Å². The van der Waals surface area contributed by atoms with Crippen LogP contribution in [-0.2, 0) is 9.84 Å². The topological polar surface area (TPSA) is 73.8 Å². The zero-order valence-electron chi connectivity index (χ0n) is 14.9. The molecule has 0 aromatic carbocycles. The number of pyridine rings is 1. The van der Waals surface area contributed by atoms with Crippen molar-refractivity contribution in [2.45, 2.75) is 19.4 Å². The number of piperazine rings is 1. The molecule has 1 amide bonds. The minimum absolute atomic E-state index is 0.00227. The van der Waals surface area contributed by atoms with Gasteiger partial charge < -0.3 is 14.7 Å². The predicted octanol–water partition coefficient (Wildman–Crippen LogP) is 0.483. The van der Waals surface area contributed by atoms with Crippen molar-refractivity contribution in [2.75, 3.05) is 56.2 Å². The van der Waals surface area contributed by atoms with Crippen LogP contribution in [0.15, 0.2) is 18.5 Å². The number of rotatable bonds is 4. The Balaban J connectivity index is 1.70. The number of amides is 1. The molecule has 3 rings (SSSR count). The first-order valence-electron chi connectivity index (χ1n) is 8.79. The molecule has 2 saturated heterocycles. The fourth-order valence-corrected chi connectivity index (χ4v) is 5.25. The zero-order chi connectivity index (χ0) is 18.0. The summed E-state index contributed by atoms with van der Waals surface area (Å²) in [4.78, 5) is 23.1. The van der Waals surface area contributed by atoms with Gasteiger partial charge in [0.25, 0.3) is 5.91 Å². The third kappa shape index (κ3) is 4.12. The van der Waals surface area contributed by atoms with E-state index in [1.807, 2.05) is 22.9 Å². The summed E-state index contributed by atoms with van der Waals surface area (Å²) in [5, 5.41) is 0. The van der Waals surface area contributed by atoms with Crippen LogP contribution in [0.5, 0.6) is 0 Å². The minimum Gasteiger partial charge on any atom is -0.369 e. The summed E-state index contributed by atoms with van der Waals surface area (Å²) in [5.41, 5.74) is 1.36. The Morgan fingerprint density at radius 3 is 2.60 bits per heavy atom. The van der Waals surface area contributed by atoms with Crippen LogP contribution in [0.3, 0.4) is 0 Å². The van der Waals surface area contributed by atoms with Gasteiger partial charge in [-0.2, -0.15) is 0 Å². The molecule has 7 nitrogen and oxygen atoms in total. The normalized spacial score (nSPS) is 23.6. The monoisotopic (exact) mass is 366 g/mol. The third-order valence-electron chi connectivity index (χ3n) is 5.24. The van der Waals surface area contributed by atoms with E-state index in [-0.39, 0.29) is 23.5 Å². The highest BCUT2D eigenvalue weighted by atomic mass is 32.2. The van der Waals surface area contributed by atoms with Gasteiger partial charge in [0.15, 0.2) is 9.84 Å². The summed E-state index contributed by atoms with van der Waals surface area (Å²) in [5.74, 6) is 0.397. The SMILES string of the molecule is CCN1CCN(C(=O)c2cncc(N(C)C3CCS(=O)(=O)C3)c2)CC1. The molecule has 0 bridgehead atoms. The fraction of sp³-hybridized carbons (Fsp3) is 0.647. The maximum absolute atomic E-state index is 12.7. The molecule has 1 aromatic heterocycles. The highest BCUT2D eigenvalue weighted by Crippen LogP contribution is 2.23. The van der Waals surface area contributed by atoms with Gasteiger partial charge in [-0.3, -0.25) is 9.78 Å². The van der Waals surface area contributed by atoms with Crippen LogP contribution >= 0.6 is 0 Å². The largest absolute Gasteiger partial charge is 0.369 e. The van der Waals surface area contributed by atoms with Gasteiger partial charge >= 0.3 is 0 Å². The smallest absolute Gasteiger partial charge is 0.255 e. The zero-order valence-corrected chi connectivity index (χ0v) is 15.7. The second-order valence-corrected chi connectivity index (χ2v) is 9.05. The quantitative estimate of drug-likeness (QED) is 0.772. The van der Waals surface area contributed by atoms with Crippen molar-refractivity contribution in [3.63, 3.8) is 0 Å². The lowest BCUT2D eigenvalue weighted by Crippen LogP contribution is -2.48. The summed E-state index contributed by atoms with van der Waals surface area (Å²) >= 11 is 0. The Morgan fingerprint density at radius 1 is 1.28 bits per heavy atom. The van der Waals surface area contributed by atoms with E-state index in [1.165, 1.54) is 0 Å². The number of anilines is 1. The van der Waals surface area contributed by atoms with Crippen molar-refractivity contribution in [1.82, 2.24) is 14.8 Å². The van der Waals surface area contributed by atoms with Gasteiger partial charge in [0, 0.05) is 45.5 Å². The van der Waals surface area contributed by atoms with E-state index in [9.17, 15) is 13.2 Å². The molecular formula is C17H26N4O3S. The Labute approximate surface area is 149 Å². The lowest BCUT2D eigenvalue weighted by molar-refractivity contribution is 0.0643. The molecule has 1 aromatic rings. The van der Waals surface area contributed by atoms with Crippen LogP contribution < -0.4 is 4.90 Å². The van der Waals surface area contributed by atoms with Crippen LogP contribution in [-0.4, -0.2) is 86.4 Å². The molecule has 0 aliphatic carbocycles. The summed E-state index contributed by atoms with van der Waals surface area (Å²) in [6.45, 7) is 6.39. The van der Waals surface area contributed by atoms with Gasteiger partial charge in [0.05, 0.1) is 29.0 Å². The molecular weight excluding hydrogens is 340 g/mol. The summed E-state index contributed by atoms with van der Waals surface area (Å²) in [6, 6.07) is 1.78. The molecule has 0 radical (unpaired) electrons. The standard InChI is InChI=1S/C17H26N4O3S/c1-3-20-5-7-21(8-6-20)17(22)14-10-16(12-18-11-14)19(2)15-4-9-25(23,24)13-15/h10-12,15H,3-9,13H2,1-2H3. The van der Waals surface area contributed by atoms with Gasteiger partial charge in [0.2, 0.25) is 0 Å². The Morgan fingerprint density at radius 2 is 2.00 bits per heavy atom. The molecule has 0 N–H and O–H groups in total. The van der Waals surface area contributed by atoms with E-state index in [4.69, 9.17) is 0 Å². The first-order chi connectivity index (χ1) is 11.9. The van der Waals surface area contributed by atoms with Crippen molar-refractivity contribution in [1.29, 1.82) is 0 Å². The van der Waals surface area contributed by atoms with Gasteiger partial charge in [-0.25, -0.2) is 8.42 Å². The molecule has 2 fully saturated rings. The van der Waals surface area contributed by atoms with Gasteiger partial charge in [-0.05, 0) is 19.0 Å². The van der Waals surface area contributed by atoms with E-state index >= 15 is 0 Å². The third-order valence-corrected chi connectivity index (χ3v) is 6.99. The molecule has 0 spiro atoms. The highest BCUT2D eigenvalue weighted by molar-refractivity contribution is 7.91. The van der Waals surface area contributed by atoms with Crippen LogP contribution in [0.4, 0.5) is 5.69 Å². The molecule has 1 atom stereocenters. The predicted molar refractivity (Wildman–Crippen MR) is 97.7 cm³/mol. The summed E-state index contributed by atoms with van der Waals surface area (Å²) < 4.78 is 23.4. The van der Waals surface area contributed by atoms with Crippen LogP contribution in [0.2, 0.25) is 0 Å². The first-order valence-corrected chi connectivity index (χ1v) is 10.6. The Hall–Kier alpha value is -1.67. The molecule has 1 unspecified atom stereocenters. The van der Waals surface area contributed by atoms with Crippen LogP contribution in [0, 0.1) is 0 Å². The average molecular weight is 366 g/mol. The molecule has 25 heavy (non-hydrogen) atoms. The van der Waals surface area contributed by atoms with Gasteiger partial charge in [-0.1, -0.05) is 6.92 Å². The summed E-state index contributed by atoms with van der Waals surface area (Å²) in [6.07, 6.45) is 3.91. The molecule has 2 aliphatic heterocycles. The number of aromatic nitrogens is 1. The average Bonchev–Trinajstić information content (AvgIpc) is 3.00. The molecule has 8 heteroatoms. The Bertz CT molecular complexity index is 729. The number of hydrogen-bond donors (Lipinski definition) is 0. The number of carbonyl (C=O) groups excluding carboxylic acids is 1. The lowest BCUT2D eigenvalue weighted by atomic mass is 10.1. The van der Waals surface area contributed by atoms with Crippen molar-refractivity contribution in [3.05, 3.63) is 24.0 Å². The molecule has 0 saturated carbocycles. The minimum atomic E-state index is -2.94. The summed E-state index contributed by atoms with van der Waals surface area (Å²) in [7, 11) is -1.07. The molecule has 2 aliphatic rings. The molecule has 138 valence electrons. The number of sulfone groups is 1. The number of nitrogens with zero attached hydrogens (tertiary/aromatic N) is 4. The maximum Gasteiger partial charge on any atom is 0.255 e. The van der Waals surface area contributed by atoms with E-state index in [0.29, 0.717) is 12.0 Å². The lowest BCUT2D eigenvalue weighted by Gasteiger charge is -2.34. The van der Waals surface area contributed by atoms with Crippen molar-refractivity contribution in [3.8, 4) is 0 Å². The van der Waals surface area contributed by atoms with Crippen molar-refractivity contribution >= 4 is 21.4 Å². The van der Waals surface area contributed by atoms with E-state index in [0.717, 1.165) is 38.4 Å². The maximum atomic E-state index is 12.7. The van der Waals surface area contributed by atoms with Crippen molar-refractivity contribution < 1.29 is 13.2 Å². The van der Waals surface area contributed by atoms with Crippen LogP contribution in [0.1, 0.15) is 23.7 Å². The highest BCUT2D eigenvalue weighted by Gasteiger charge is 2.31. The number of carbonyl (C=O) groups is 1. The fourth-order valence-electron chi connectivity index (χ4n) is 3.48. The number of hydrogen-bond acceptors (Lipinski definition) is 6. The van der Waals surface area contributed by atoms with E-state index in [2.05, 4.69) is 16.8 Å². The molecule has 3 heterocycles. The van der Waals surface area contributed by atoms with Gasteiger partial charge in [0.1, 0.15) is 0 Å². The van der Waals surface area contributed by atoms with E-state index in [1.54, 1.807) is 12.4 Å². The number of likely N-dealkylation sites (N-methyl/N-ethyl adjacent to an activating group) is 1. The Kier molecular flexibility index (Phi) is 5.29. The second kappa shape index (κ2) is 7.29. The first kappa shape index (κ1) is 18.1. The second-order valence-electron chi connectivity index (χ2n) is 6.83. The van der Waals surface area contributed by atoms with Crippen molar-refractivity contribution in [2.24, 2.45) is 0 Å². The van der Waals surface area contributed by atoms with E-state index < -0.39 is 9.84 Å². The van der Waals surface area contributed by atoms with Crippen LogP contribution in [0.25, 0.3) is 0 Å².